The Morgan fingerprint density at radius 3 is 2.76 bits per heavy atom. The van der Waals surface area contributed by atoms with Crippen molar-refractivity contribution in [1.82, 2.24) is 0 Å². The average molecular weight is 482 g/mol. The fraction of sp³-hybridized carbons (Fsp3) is 0.500. The van der Waals surface area contributed by atoms with Crippen molar-refractivity contribution in [3.8, 4) is 11.5 Å². The van der Waals surface area contributed by atoms with Crippen molar-refractivity contribution in [2.45, 2.75) is 44.5 Å². The lowest BCUT2D eigenvalue weighted by atomic mass is 9.92. The molecule has 9 heteroatoms. The zero-order chi connectivity index (χ0) is 20.6. The van der Waals surface area contributed by atoms with Gasteiger partial charge < -0.3 is 18.6 Å². The van der Waals surface area contributed by atoms with E-state index in [1.165, 1.54) is 6.08 Å². The number of carbonyl (C=O) groups excluding carboxylic acids is 2. The topological polar surface area (TPSA) is 74.3 Å². The zero-order valence-electron chi connectivity index (χ0n) is 16.5. The van der Waals surface area contributed by atoms with Gasteiger partial charge in [-0.2, -0.15) is 0 Å². The Morgan fingerprint density at radius 1 is 1.24 bits per heavy atom. The second-order valence-electron chi connectivity index (χ2n) is 7.99. The number of ether oxygens (including phenoxy) is 3. The maximum Gasteiger partial charge on any atom is 0.306 e. The summed E-state index contributed by atoms with van der Waals surface area (Å²) in [7, 11) is -1.93. The molecule has 29 heavy (non-hydrogen) atoms. The molecule has 156 valence electrons. The number of carbonyl (C=O) groups is 2. The number of hydrogen-bond donors (Lipinski definition) is 0. The van der Waals surface area contributed by atoms with Gasteiger partial charge in [0.15, 0.2) is 19.8 Å². The third kappa shape index (κ3) is 4.22. The molecule has 0 radical (unpaired) electrons. The van der Waals surface area contributed by atoms with Gasteiger partial charge in [0.05, 0.1) is 18.3 Å². The van der Waals surface area contributed by atoms with Crippen LogP contribution in [0.2, 0.25) is 13.1 Å². The van der Waals surface area contributed by atoms with Crippen LogP contribution in [-0.2, 0) is 25.2 Å². The Balaban J connectivity index is 1.77. The van der Waals surface area contributed by atoms with Crippen LogP contribution in [0, 0.1) is 0 Å². The van der Waals surface area contributed by atoms with Crippen LogP contribution >= 0.6 is 15.9 Å². The number of fused-ring (bicyclic) bond motifs is 5. The van der Waals surface area contributed by atoms with Gasteiger partial charge in [-0.05, 0) is 37.2 Å². The molecule has 2 atom stereocenters. The van der Waals surface area contributed by atoms with Crippen molar-refractivity contribution >= 4 is 41.8 Å². The molecule has 3 aliphatic rings. The Kier molecular flexibility index (Phi) is 5.72. The molecule has 1 aromatic carbocycles. The van der Waals surface area contributed by atoms with E-state index >= 15 is 0 Å². The van der Waals surface area contributed by atoms with Gasteiger partial charge in [-0.1, -0.05) is 22.0 Å². The highest BCUT2D eigenvalue weighted by Gasteiger charge is 2.42. The van der Waals surface area contributed by atoms with Crippen LogP contribution in [0.4, 0.5) is 5.69 Å². The average Bonchev–Trinajstić information content (AvgIpc) is 3.14. The number of nitrogens with zero attached hydrogens (tertiary/aromatic N) is 1. The van der Waals surface area contributed by atoms with Gasteiger partial charge in [0, 0.05) is 23.9 Å². The summed E-state index contributed by atoms with van der Waals surface area (Å²) in [5.41, 5.74) is 1.64. The van der Waals surface area contributed by atoms with Gasteiger partial charge in [-0.15, -0.1) is 0 Å². The molecule has 4 rings (SSSR count). The molecule has 0 spiro atoms. The minimum absolute atomic E-state index is 0.153. The number of rotatable bonds is 4. The van der Waals surface area contributed by atoms with Gasteiger partial charge in [-0.3, -0.25) is 14.5 Å². The summed E-state index contributed by atoms with van der Waals surface area (Å²) in [5.74, 6) is 0.842. The third-order valence-electron chi connectivity index (χ3n) is 5.28. The van der Waals surface area contributed by atoms with Crippen LogP contribution in [0.1, 0.15) is 18.4 Å². The Bertz CT molecular complexity index is 858. The first-order chi connectivity index (χ1) is 13.9. The molecule has 0 aromatic heterocycles. The molecule has 1 amide bonds. The lowest BCUT2D eigenvalue weighted by Crippen LogP contribution is -2.56. The first kappa shape index (κ1) is 20.4. The smallest absolute Gasteiger partial charge is 0.306 e. The Labute approximate surface area is 179 Å². The van der Waals surface area contributed by atoms with Gasteiger partial charge in [0.1, 0.15) is 6.10 Å². The molecule has 3 aliphatic heterocycles. The molecule has 0 N–H and O–H groups in total. The van der Waals surface area contributed by atoms with E-state index in [4.69, 9.17) is 18.6 Å². The Morgan fingerprint density at radius 2 is 2.00 bits per heavy atom. The second kappa shape index (κ2) is 8.12. The first-order valence-electron chi connectivity index (χ1n) is 9.69. The van der Waals surface area contributed by atoms with E-state index in [1.54, 1.807) is 11.0 Å². The molecule has 2 bridgehead atoms. The van der Waals surface area contributed by atoms with E-state index in [0.29, 0.717) is 30.9 Å². The van der Waals surface area contributed by atoms with E-state index in [1.807, 2.05) is 12.1 Å². The van der Waals surface area contributed by atoms with E-state index in [2.05, 4.69) is 29.0 Å². The van der Waals surface area contributed by atoms with Crippen LogP contribution in [0.3, 0.4) is 0 Å². The number of halogens is 1. The van der Waals surface area contributed by atoms with Crippen molar-refractivity contribution < 1.29 is 28.2 Å². The monoisotopic (exact) mass is 481 g/mol. The fourth-order valence-electron chi connectivity index (χ4n) is 3.69. The highest BCUT2D eigenvalue weighted by Crippen LogP contribution is 2.43. The summed E-state index contributed by atoms with van der Waals surface area (Å²) >= 11 is 3.52. The molecule has 0 fully saturated rings. The fourth-order valence-corrected chi connectivity index (χ4v) is 4.87. The van der Waals surface area contributed by atoms with Crippen LogP contribution in [0.25, 0.3) is 0 Å². The lowest BCUT2D eigenvalue weighted by molar-refractivity contribution is -0.151. The molecule has 7 nitrogen and oxygen atoms in total. The van der Waals surface area contributed by atoms with Crippen molar-refractivity contribution in [2.24, 2.45) is 0 Å². The van der Waals surface area contributed by atoms with Crippen molar-refractivity contribution in [3.05, 3.63) is 29.8 Å². The molecule has 0 unspecified atom stereocenters. The molecular formula is C20H24BrNO6Si. The normalized spacial score (nSPS) is 23.6. The van der Waals surface area contributed by atoms with Crippen molar-refractivity contribution in [1.29, 1.82) is 0 Å². The summed E-state index contributed by atoms with van der Waals surface area (Å²) in [6.07, 6.45) is 4.00. The van der Waals surface area contributed by atoms with E-state index in [9.17, 15) is 9.59 Å². The zero-order valence-corrected chi connectivity index (χ0v) is 19.1. The summed E-state index contributed by atoms with van der Waals surface area (Å²) < 4.78 is 23.1. The number of anilines is 1. The standard InChI is InChI=1S/C20H24BrNO6Si/c1-29(2,11-21)27-10-15-16-7-13-8-17-18(26-12-25-17)9-14(13)22(15)19(23)5-3-4-6-20(24)28-16/h3,5,8-9,15-16H,4,6-7,10-12H2,1-2H3/t15-,16+/m1/s1. The molecule has 0 aliphatic carbocycles. The number of allylic oxidation sites excluding steroid dienone is 1. The molecule has 0 saturated carbocycles. The maximum absolute atomic E-state index is 13.2. The highest BCUT2D eigenvalue weighted by atomic mass is 79.9. The predicted octanol–water partition coefficient (Wildman–Crippen LogP) is 3.09. The third-order valence-corrected chi connectivity index (χ3v) is 10.9. The van der Waals surface area contributed by atoms with Crippen molar-refractivity contribution in [3.63, 3.8) is 0 Å². The number of benzene rings is 1. The van der Waals surface area contributed by atoms with Gasteiger partial charge in [-0.25, -0.2) is 0 Å². The van der Waals surface area contributed by atoms with Crippen molar-refractivity contribution in [2.75, 3.05) is 23.3 Å². The number of esters is 1. The van der Waals surface area contributed by atoms with Crippen LogP contribution in [0.5, 0.6) is 11.5 Å². The summed E-state index contributed by atoms with van der Waals surface area (Å²) in [6, 6.07) is 3.31. The SMILES string of the molecule is C[Si](C)(CBr)OC[C@@H]1[C@@H]2Cc3cc4c(cc3N1C(=O)C=CCCC(=O)O2)OCO4. The van der Waals surface area contributed by atoms with Gasteiger partial charge in [0.25, 0.3) is 5.91 Å². The minimum atomic E-state index is -1.93. The lowest BCUT2D eigenvalue weighted by Gasteiger charge is -2.42. The highest BCUT2D eigenvalue weighted by molar-refractivity contribution is 9.09. The van der Waals surface area contributed by atoms with E-state index < -0.39 is 20.5 Å². The van der Waals surface area contributed by atoms with Crippen LogP contribution in [-0.4, -0.2) is 50.7 Å². The minimum Gasteiger partial charge on any atom is -0.460 e. The largest absolute Gasteiger partial charge is 0.460 e. The second-order valence-corrected chi connectivity index (χ2v) is 13.7. The first-order valence-corrected chi connectivity index (χ1v) is 13.9. The quantitative estimate of drug-likeness (QED) is 0.373. The van der Waals surface area contributed by atoms with Crippen LogP contribution < -0.4 is 14.4 Å². The Hall–Kier alpha value is -1.84. The van der Waals surface area contributed by atoms with E-state index in [0.717, 1.165) is 16.2 Å². The predicted molar refractivity (Wildman–Crippen MR) is 113 cm³/mol. The summed E-state index contributed by atoms with van der Waals surface area (Å²) in [4.78, 5) is 28.0. The molecular weight excluding hydrogens is 458 g/mol. The molecule has 1 aromatic rings. The number of alkyl halides is 1. The van der Waals surface area contributed by atoms with Crippen LogP contribution in [0.15, 0.2) is 24.3 Å². The molecule has 0 saturated heterocycles. The van der Waals surface area contributed by atoms with Gasteiger partial charge >= 0.3 is 5.97 Å². The summed E-state index contributed by atoms with van der Waals surface area (Å²) in [6.45, 7) is 4.66. The van der Waals surface area contributed by atoms with Gasteiger partial charge in [0.2, 0.25) is 6.79 Å². The van der Waals surface area contributed by atoms with E-state index in [-0.39, 0.29) is 25.1 Å². The molecule has 3 heterocycles. The number of hydrogen-bond acceptors (Lipinski definition) is 6. The number of amides is 1. The maximum atomic E-state index is 13.2. The summed E-state index contributed by atoms with van der Waals surface area (Å²) in [5, 5.41) is 0.